The number of hydrogen-bond donors (Lipinski definition) is 2. The van der Waals surface area contributed by atoms with Crippen molar-refractivity contribution < 1.29 is 13.5 Å². The predicted octanol–water partition coefficient (Wildman–Crippen LogP) is 2.15. The number of rotatable bonds is 7. The molecule has 0 spiro atoms. The van der Waals surface area contributed by atoms with Crippen LogP contribution < -0.4 is 4.72 Å². The van der Waals surface area contributed by atoms with Crippen LogP contribution in [0.3, 0.4) is 0 Å². The van der Waals surface area contributed by atoms with Crippen LogP contribution >= 0.6 is 11.3 Å². The highest BCUT2D eigenvalue weighted by atomic mass is 32.2. The molecule has 2 rings (SSSR count). The summed E-state index contributed by atoms with van der Waals surface area (Å²) in [6.45, 7) is 0.276. The van der Waals surface area contributed by atoms with Crippen molar-refractivity contribution in [3.05, 3.63) is 52.9 Å². The molecule has 4 nitrogen and oxygen atoms in total. The van der Waals surface area contributed by atoms with E-state index >= 15 is 0 Å². The lowest BCUT2D eigenvalue weighted by molar-refractivity contribution is 0.285. The maximum absolute atomic E-state index is 12.0. The lowest BCUT2D eigenvalue weighted by Gasteiger charge is -2.04. The number of benzene rings is 1. The van der Waals surface area contributed by atoms with E-state index in [0.29, 0.717) is 11.4 Å². The molecule has 0 aliphatic heterocycles. The number of aliphatic hydroxyl groups is 1. The maximum Gasteiger partial charge on any atom is 0.250 e. The molecule has 0 radical (unpaired) electrons. The van der Waals surface area contributed by atoms with Crippen molar-refractivity contribution in [1.82, 2.24) is 4.72 Å². The van der Waals surface area contributed by atoms with Crippen LogP contribution in [0.15, 0.2) is 46.7 Å². The summed E-state index contributed by atoms with van der Waals surface area (Å²) >= 11 is 1.09. The van der Waals surface area contributed by atoms with Crippen LogP contribution in [0.25, 0.3) is 0 Å². The Kier molecular flexibility index (Phi) is 5.31. The summed E-state index contributed by atoms with van der Waals surface area (Å²) < 4.78 is 26.8. The number of nitrogens with one attached hydrogen (secondary N) is 1. The van der Waals surface area contributed by atoms with Gasteiger partial charge in [0.1, 0.15) is 4.21 Å². The van der Waals surface area contributed by atoms with Crippen molar-refractivity contribution in [2.24, 2.45) is 0 Å². The molecule has 0 bridgehead atoms. The zero-order chi connectivity index (χ0) is 14.4. The fourth-order valence-corrected chi connectivity index (χ4v) is 4.14. The van der Waals surface area contributed by atoms with Crippen LogP contribution in [-0.2, 0) is 23.1 Å². The van der Waals surface area contributed by atoms with Crippen LogP contribution in [0.5, 0.6) is 0 Å². The Morgan fingerprint density at radius 1 is 1.10 bits per heavy atom. The van der Waals surface area contributed by atoms with Gasteiger partial charge in [0.25, 0.3) is 0 Å². The van der Waals surface area contributed by atoms with E-state index in [-0.39, 0.29) is 10.8 Å². The van der Waals surface area contributed by atoms with Gasteiger partial charge in [-0.05, 0) is 30.5 Å². The first-order valence-corrected chi connectivity index (χ1v) is 8.65. The lowest BCUT2D eigenvalue weighted by atomic mass is 10.1. The quantitative estimate of drug-likeness (QED) is 0.770. The summed E-state index contributed by atoms with van der Waals surface area (Å²) in [5.74, 6) is 0. The fourth-order valence-electron chi connectivity index (χ4n) is 1.80. The summed E-state index contributed by atoms with van der Waals surface area (Å²) in [5, 5.41) is 8.95. The second-order valence-corrected chi connectivity index (χ2v) is 7.53. The van der Waals surface area contributed by atoms with Gasteiger partial charge < -0.3 is 5.11 Å². The highest BCUT2D eigenvalue weighted by Gasteiger charge is 2.15. The van der Waals surface area contributed by atoms with E-state index < -0.39 is 10.0 Å². The van der Waals surface area contributed by atoms with Crippen molar-refractivity contribution in [1.29, 1.82) is 0 Å². The van der Waals surface area contributed by atoms with Gasteiger partial charge in [-0.25, -0.2) is 13.1 Å². The van der Waals surface area contributed by atoms with E-state index in [4.69, 9.17) is 5.11 Å². The molecule has 2 aromatic rings. The Morgan fingerprint density at radius 3 is 2.50 bits per heavy atom. The monoisotopic (exact) mass is 311 g/mol. The average Bonchev–Trinajstić information content (AvgIpc) is 2.95. The van der Waals surface area contributed by atoms with Gasteiger partial charge in [-0.1, -0.05) is 30.3 Å². The Labute approximate surface area is 123 Å². The second kappa shape index (κ2) is 6.99. The third kappa shape index (κ3) is 4.14. The molecular formula is C14H17NO3S2. The number of thiophene rings is 1. The first-order valence-electron chi connectivity index (χ1n) is 6.35. The van der Waals surface area contributed by atoms with Crippen LogP contribution in [0.4, 0.5) is 0 Å². The highest BCUT2D eigenvalue weighted by molar-refractivity contribution is 7.91. The first kappa shape index (κ1) is 15.2. The maximum atomic E-state index is 12.0. The molecule has 20 heavy (non-hydrogen) atoms. The van der Waals surface area contributed by atoms with Crippen molar-refractivity contribution >= 4 is 21.4 Å². The van der Waals surface area contributed by atoms with E-state index in [1.807, 2.05) is 30.3 Å². The van der Waals surface area contributed by atoms with E-state index in [1.54, 1.807) is 6.07 Å². The van der Waals surface area contributed by atoms with Gasteiger partial charge in [-0.2, -0.15) is 0 Å². The Hall–Kier alpha value is -1.21. The smallest absolute Gasteiger partial charge is 0.250 e. The third-order valence-corrected chi connectivity index (χ3v) is 5.86. The molecule has 0 unspecified atom stereocenters. The predicted molar refractivity (Wildman–Crippen MR) is 80.2 cm³/mol. The molecule has 0 atom stereocenters. The van der Waals surface area contributed by atoms with Gasteiger partial charge in [0.15, 0.2) is 0 Å². The zero-order valence-corrected chi connectivity index (χ0v) is 12.6. The van der Waals surface area contributed by atoms with E-state index in [1.165, 1.54) is 11.6 Å². The third-order valence-electron chi connectivity index (χ3n) is 2.83. The number of hydrogen-bond acceptors (Lipinski definition) is 4. The van der Waals surface area contributed by atoms with Crippen LogP contribution in [0.1, 0.15) is 16.9 Å². The molecule has 0 aliphatic carbocycles. The molecule has 1 heterocycles. The standard InChI is InChI=1S/C14H17NO3S2/c16-11-13-8-9-14(19-13)20(17,18)15-10-4-7-12-5-2-1-3-6-12/h1-3,5-6,8-9,15-16H,4,7,10-11H2. The molecule has 0 fully saturated rings. The van der Waals surface area contributed by atoms with Crippen LogP contribution in [-0.4, -0.2) is 20.1 Å². The molecule has 0 amide bonds. The van der Waals surface area contributed by atoms with Gasteiger partial charge in [-0.3, -0.25) is 0 Å². The van der Waals surface area contributed by atoms with Gasteiger partial charge in [0.05, 0.1) is 6.61 Å². The molecule has 1 aromatic carbocycles. The summed E-state index contributed by atoms with van der Waals surface area (Å²) in [6, 6.07) is 13.1. The molecule has 0 saturated heterocycles. The lowest BCUT2D eigenvalue weighted by Crippen LogP contribution is -2.24. The van der Waals surface area contributed by atoms with E-state index in [0.717, 1.165) is 24.2 Å². The fraction of sp³-hybridized carbons (Fsp3) is 0.286. The Morgan fingerprint density at radius 2 is 1.85 bits per heavy atom. The summed E-state index contributed by atoms with van der Waals surface area (Å²) in [7, 11) is -3.45. The number of aliphatic hydroxyl groups excluding tert-OH is 1. The first-order chi connectivity index (χ1) is 9.62. The highest BCUT2D eigenvalue weighted by Crippen LogP contribution is 2.21. The largest absolute Gasteiger partial charge is 0.391 e. The van der Waals surface area contributed by atoms with Crippen molar-refractivity contribution in [2.75, 3.05) is 6.54 Å². The summed E-state index contributed by atoms with van der Waals surface area (Å²) in [6.07, 6.45) is 1.59. The molecule has 0 aliphatic rings. The van der Waals surface area contributed by atoms with Crippen LogP contribution in [0, 0.1) is 0 Å². The summed E-state index contributed by atoms with van der Waals surface area (Å²) in [4.78, 5) is 0.648. The number of sulfonamides is 1. The van der Waals surface area contributed by atoms with Crippen molar-refractivity contribution in [3.63, 3.8) is 0 Å². The van der Waals surface area contributed by atoms with Gasteiger partial charge >= 0.3 is 0 Å². The van der Waals surface area contributed by atoms with Gasteiger partial charge in [0, 0.05) is 11.4 Å². The molecule has 2 N–H and O–H groups in total. The second-order valence-electron chi connectivity index (χ2n) is 4.37. The van der Waals surface area contributed by atoms with Crippen molar-refractivity contribution in [3.8, 4) is 0 Å². The molecule has 1 aromatic heterocycles. The Balaban J connectivity index is 1.84. The molecular weight excluding hydrogens is 294 g/mol. The Bertz CT molecular complexity index is 635. The summed E-state index contributed by atoms with van der Waals surface area (Å²) in [5.41, 5.74) is 1.20. The molecule has 108 valence electrons. The van der Waals surface area contributed by atoms with E-state index in [9.17, 15) is 8.42 Å². The van der Waals surface area contributed by atoms with Crippen LogP contribution in [0.2, 0.25) is 0 Å². The number of aryl methyl sites for hydroxylation is 1. The molecule has 6 heteroatoms. The zero-order valence-electron chi connectivity index (χ0n) is 11.0. The minimum absolute atomic E-state index is 0.131. The minimum atomic E-state index is -3.45. The normalized spacial score (nSPS) is 11.7. The van der Waals surface area contributed by atoms with Gasteiger partial charge in [-0.15, -0.1) is 11.3 Å². The van der Waals surface area contributed by atoms with E-state index in [2.05, 4.69) is 4.72 Å². The average molecular weight is 311 g/mol. The van der Waals surface area contributed by atoms with Crippen molar-refractivity contribution in [2.45, 2.75) is 23.7 Å². The SMILES string of the molecule is O=S(=O)(NCCCc1ccccc1)c1ccc(CO)s1. The topological polar surface area (TPSA) is 66.4 Å². The van der Waals surface area contributed by atoms with Gasteiger partial charge in [0.2, 0.25) is 10.0 Å². The minimum Gasteiger partial charge on any atom is -0.391 e. The molecule has 0 saturated carbocycles.